The number of aromatic nitrogens is 2. The summed E-state index contributed by atoms with van der Waals surface area (Å²) < 4.78 is 25.6. The lowest BCUT2D eigenvalue weighted by atomic mass is 10.00. The molecule has 2 atom stereocenters. The monoisotopic (exact) mass is 634 g/mol. The Hall–Kier alpha value is -2.61. The van der Waals surface area contributed by atoms with Gasteiger partial charge in [0.25, 0.3) is 5.91 Å². The van der Waals surface area contributed by atoms with Crippen LogP contribution in [0.25, 0.3) is 0 Å². The topological polar surface area (TPSA) is 135 Å². The van der Waals surface area contributed by atoms with Crippen LogP contribution in [-0.2, 0) is 20.0 Å². The Morgan fingerprint density at radius 2 is 1.95 bits per heavy atom. The van der Waals surface area contributed by atoms with E-state index in [1.54, 1.807) is 21.1 Å². The number of carbonyl (C=O) groups is 1. The van der Waals surface area contributed by atoms with Gasteiger partial charge in [0.1, 0.15) is 0 Å². The van der Waals surface area contributed by atoms with Crippen molar-refractivity contribution in [3.63, 3.8) is 0 Å². The van der Waals surface area contributed by atoms with Crippen molar-refractivity contribution in [2.45, 2.75) is 44.9 Å². The molecule has 0 bridgehead atoms. The van der Waals surface area contributed by atoms with Crippen LogP contribution in [0.4, 0.5) is 11.4 Å². The molecule has 4 rings (SSSR count). The van der Waals surface area contributed by atoms with Crippen molar-refractivity contribution < 1.29 is 19.0 Å². The minimum atomic E-state index is -2.95. The zero-order chi connectivity index (χ0) is 28.7. The van der Waals surface area contributed by atoms with Crippen molar-refractivity contribution in [2.24, 2.45) is 7.05 Å². The predicted molar refractivity (Wildman–Crippen MR) is 165 cm³/mol. The minimum Gasteiger partial charge on any atom is -0.390 e. The SMILES string of the molecule is CCNc1cc(C(=O)N[C@@H](Cc2ccccc2)[C@H](O)CNCc2nn(C)cc2Br)cc(N2CCCCS2(O)O)c1. The van der Waals surface area contributed by atoms with Gasteiger partial charge in [0.15, 0.2) is 0 Å². The minimum absolute atomic E-state index is 0.248. The highest BCUT2D eigenvalue weighted by molar-refractivity contribution is 9.10. The lowest BCUT2D eigenvalue weighted by molar-refractivity contribution is 0.0829. The maximum absolute atomic E-state index is 13.6. The molecule has 0 spiro atoms. The second-order valence-corrected chi connectivity index (χ2v) is 13.0. The number of halogens is 1. The van der Waals surface area contributed by atoms with Crippen LogP contribution in [-0.4, -0.2) is 67.4 Å². The van der Waals surface area contributed by atoms with Crippen molar-refractivity contribution in [2.75, 3.05) is 35.0 Å². The van der Waals surface area contributed by atoms with Crippen molar-refractivity contribution in [3.8, 4) is 0 Å². The number of amides is 1. The van der Waals surface area contributed by atoms with Crippen LogP contribution in [0.15, 0.2) is 59.2 Å². The Balaban J connectivity index is 1.53. The molecule has 1 aliphatic rings. The van der Waals surface area contributed by atoms with Crippen LogP contribution in [0.3, 0.4) is 0 Å². The van der Waals surface area contributed by atoms with Crippen LogP contribution >= 0.6 is 26.7 Å². The van der Waals surface area contributed by atoms with Crippen molar-refractivity contribution in [1.82, 2.24) is 20.4 Å². The normalized spacial score (nSPS) is 17.2. The number of carbonyl (C=O) groups excluding carboxylic acids is 1. The van der Waals surface area contributed by atoms with Gasteiger partial charge in [0.2, 0.25) is 0 Å². The summed E-state index contributed by atoms with van der Waals surface area (Å²) >= 11 is 3.49. The van der Waals surface area contributed by atoms with Crippen LogP contribution in [0.1, 0.15) is 41.4 Å². The molecule has 6 N–H and O–H groups in total. The largest absolute Gasteiger partial charge is 0.390 e. The highest BCUT2D eigenvalue weighted by atomic mass is 79.9. The smallest absolute Gasteiger partial charge is 0.251 e. The summed E-state index contributed by atoms with van der Waals surface area (Å²) in [5, 5.41) is 25.1. The molecule has 1 fully saturated rings. The molecule has 0 unspecified atom stereocenters. The first kappa shape index (κ1) is 30.4. The Kier molecular flexibility index (Phi) is 10.5. The van der Waals surface area contributed by atoms with Crippen LogP contribution < -0.4 is 20.3 Å². The van der Waals surface area contributed by atoms with E-state index in [1.807, 2.05) is 56.6 Å². The zero-order valence-electron chi connectivity index (χ0n) is 22.9. The number of hydrogen-bond donors (Lipinski definition) is 6. The van der Waals surface area contributed by atoms with Gasteiger partial charge in [0, 0.05) is 50.7 Å². The average Bonchev–Trinajstić information content (AvgIpc) is 3.24. The molecule has 0 saturated carbocycles. The number of rotatable bonds is 12. The van der Waals surface area contributed by atoms with Crippen molar-refractivity contribution in [3.05, 3.63) is 76.0 Å². The van der Waals surface area contributed by atoms with Gasteiger partial charge in [-0.1, -0.05) is 30.3 Å². The average molecular weight is 636 g/mol. The number of aryl methyl sites for hydroxylation is 1. The summed E-state index contributed by atoms with van der Waals surface area (Å²) in [6, 6.07) is 14.4. The van der Waals surface area contributed by atoms with Gasteiger partial charge in [-0.3, -0.25) is 22.9 Å². The number of aliphatic hydroxyl groups is 1. The lowest BCUT2D eigenvalue weighted by Crippen LogP contribution is -2.48. The molecular weight excluding hydrogens is 596 g/mol. The van der Waals surface area contributed by atoms with Gasteiger partial charge >= 0.3 is 0 Å². The summed E-state index contributed by atoms with van der Waals surface area (Å²) in [6.45, 7) is 3.82. The first-order valence-electron chi connectivity index (χ1n) is 13.5. The number of hydrogen-bond acceptors (Lipinski definition) is 8. The summed E-state index contributed by atoms with van der Waals surface area (Å²) in [7, 11) is -1.10. The van der Waals surface area contributed by atoms with Crippen LogP contribution in [0.2, 0.25) is 0 Å². The van der Waals surface area contributed by atoms with E-state index >= 15 is 0 Å². The van der Waals surface area contributed by atoms with Crippen LogP contribution in [0.5, 0.6) is 0 Å². The molecule has 3 aromatic rings. The van der Waals surface area contributed by atoms with Gasteiger partial charge in [-0.05, 0) is 65.9 Å². The number of benzene rings is 2. The number of nitrogens with zero attached hydrogens (tertiary/aromatic N) is 3. The highest BCUT2D eigenvalue weighted by Gasteiger charge is 2.28. The molecule has 1 aromatic heterocycles. The second-order valence-electron chi connectivity index (χ2n) is 10.0. The molecule has 40 heavy (non-hydrogen) atoms. The molecule has 10 nitrogen and oxygen atoms in total. The van der Waals surface area contributed by atoms with E-state index in [4.69, 9.17) is 0 Å². The van der Waals surface area contributed by atoms with E-state index in [9.17, 15) is 19.0 Å². The Morgan fingerprint density at radius 1 is 1.18 bits per heavy atom. The van der Waals surface area contributed by atoms with E-state index in [-0.39, 0.29) is 12.5 Å². The molecule has 0 radical (unpaired) electrons. The molecule has 0 aliphatic carbocycles. The Labute approximate surface area is 245 Å². The van der Waals surface area contributed by atoms with E-state index in [1.165, 1.54) is 0 Å². The van der Waals surface area contributed by atoms with E-state index in [0.29, 0.717) is 48.7 Å². The first-order valence-corrected chi connectivity index (χ1v) is 16.0. The molecule has 1 aliphatic heterocycles. The third-order valence-corrected chi connectivity index (χ3v) is 9.41. The van der Waals surface area contributed by atoms with Gasteiger partial charge in [-0.15, -0.1) is 10.8 Å². The number of anilines is 2. The summed E-state index contributed by atoms with van der Waals surface area (Å²) in [5.74, 6) is -0.0325. The number of nitrogens with one attached hydrogen (secondary N) is 3. The van der Waals surface area contributed by atoms with Crippen molar-refractivity contribution in [1.29, 1.82) is 0 Å². The molecule has 12 heteroatoms. The van der Waals surface area contributed by atoms with E-state index in [0.717, 1.165) is 28.6 Å². The fourth-order valence-corrected chi connectivity index (χ4v) is 7.00. The molecule has 1 saturated heterocycles. The summed E-state index contributed by atoms with van der Waals surface area (Å²) in [6.07, 6.45) is 3.02. The second kappa shape index (κ2) is 13.8. The summed E-state index contributed by atoms with van der Waals surface area (Å²) in [4.78, 5) is 13.6. The van der Waals surface area contributed by atoms with Crippen molar-refractivity contribution >= 4 is 44.0 Å². The van der Waals surface area contributed by atoms with Gasteiger partial charge in [-0.2, -0.15) is 5.10 Å². The summed E-state index contributed by atoms with van der Waals surface area (Å²) in [5.41, 5.74) is 3.50. The molecule has 218 valence electrons. The van der Waals surface area contributed by atoms with E-state index in [2.05, 4.69) is 37.0 Å². The highest BCUT2D eigenvalue weighted by Crippen LogP contribution is 2.50. The fourth-order valence-electron chi connectivity index (χ4n) is 4.81. The first-order chi connectivity index (χ1) is 19.2. The molecule has 2 heterocycles. The Bertz CT molecular complexity index is 1270. The molecule has 1 amide bonds. The van der Waals surface area contributed by atoms with E-state index < -0.39 is 22.9 Å². The third-order valence-electron chi connectivity index (χ3n) is 6.81. The van der Waals surface area contributed by atoms with Gasteiger partial charge in [-0.25, -0.2) is 0 Å². The quantitative estimate of drug-likeness (QED) is 0.173. The standard InChI is InChI=1S/C28H39BrN6O4S/c1-3-31-22-14-21(15-23(16-22)35-11-7-8-12-40(35,38)39)28(37)32-25(13-20-9-5-4-6-10-20)27(36)18-30-17-26-24(29)19-34(2)33-26/h4-6,9-10,14-16,19,25,27,30-31,36,38-39H,3,7-8,11-13,17-18H2,1-2H3,(H,32,37)/t25-,27+/m0/s1. The fraction of sp³-hybridized carbons (Fsp3) is 0.429. The lowest BCUT2D eigenvalue weighted by Gasteiger charge is -2.47. The van der Waals surface area contributed by atoms with Gasteiger partial charge < -0.3 is 21.1 Å². The predicted octanol–water partition coefficient (Wildman–Crippen LogP) is 4.37. The molecule has 2 aromatic carbocycles. The molecular formula is C28H39BrN6O4S. The number of aliphatic hydroxyl groups excluding tert-OH is 1. The van der Waals surface area contributed by atoms with Crippen LogP contribution in [0, 0.1) is 0 Å². The maximum Gasteiger partial charge on any atom is 0.251 e. The van der Waals surface area contributed by atoms with Gasteiger partial charge in [0.05, 0.1) is 33.8 Å². The Morgan fingerprint density at radius 3 is 2.62 bits per heavy atom. The maximum atomic E-state index is 13.6. The zero-order valence-corrected chi connectivity index (χ0v) is 25.3. The third kappa shape index (κ3) is 7.99.